The van der Waals surface area contributed by atoms with Gasteiger partial charge < -0.3 is 0 Å². The first-order valence-electron chi connectivity index (χ1n) is 7.24. The van der Waals surface area contributed by atoms with Crippen molar-refractivity contribution in [1.29, 1.82) is 0 Å². The number of halogens is 5. The molecule has 0 bridgehead atoms. The molecule has 0 aliphatic carbocycles. The summed E-state index contributed by atoms with van der Waals surface area (Å²) in [5.41, 5.74) is 0.910. The largest absolute Gasteiger partial charge is 0.252 e. The Kier molecular flexibility index (Phi) is 4.24. The van der Waals surface area contributed by atoms with Gasteiger partial charge in [-0.1, -0.05) is 24.3 Å². The topological polar surface area (TPSA) is 25.8 Å². The van der Waals surface area contributed by atoms with E-state index in [1.54, 1.807) is 19.1 Å². The molecule has 0 saturated carbocycles. The molecule has 0 fully saturated rings. The zero-order chi connectivity index (χ0) is 18.3. The maximum absolute atomic E-state index is 13.9. The van der Waals surface area contributed by atoms with Crippen molar-refractivity contribution in [2.45, 2.75) is 13.8 Å². The number of aryl methyl sites for hydroxylation is 2. The maximum Gasteiger partial charge on any atom is 0.200 e. The molecule has 128 valence electrons. The van der Waals surface area contributed by atoms with Crippen LogP contribution in [0.2, 0.25) is 0 Å². The Morgan fingerprint density at radius 3 is 1.88 bits per heavy atom. The number of hydrogen-bond acceptors (Lipinski definition) is 2. The van der Waals surface area contributed by atoms with E-state index in [2.05, 4.69) is 9.97 Å². The van der Waals surface area contributed by atoms with Crippen LogP contribution in [0.1, 0.15) is 11.3 Å². The van der Waals surface area contributed by atoms with Crippen LogP contribution in [-0.4, -0.2) is 9.97 Å². The molecule has 0 N–H and O–H groups in total. The average molecular weight is 350 g/mol. The van der Waals surface area contributed by atoms with Crippen molar-refractivity contribution in [2.24, 2.45) is 0 Å². The third kappa shape index (κ3) is 2.75. The van der Waals surface area contributed by atoms with Crippen LogP contribution in [-0.2, 0) is 0 Å². The van der Waals surface area contributed by atoms with E-state index in [9.17, 15) is 22.0 Å². The summed E-state index contributed by atoms with van der Waals surface area (Å²) in [7, 11) is 0. The van der Waals surface area contributed by atoms with Crippen LogP contribution in [0.4, 0.5) is 22.0 Å². The zero-order valence-electron chi connectivity index (χ0n) is 13.2. The quantitative estimate of drug-likeness (QED) is 0.364. The molecule has 0 spiro atoms. The molecule has 25 heavy (non-hydrogen) atoms. The molecule has 0 aliphatic rings. The molecular weight excluding hydrogens is 339 g/mol. The summed E-state index contributed by atoms with van der Waals surface area (Å²) in [5, 5.41) is 0. The van der Waals surface area contributed by atoms with Crippen LogP contribution in [0, 0.1) is 42.9 Å². The number of benzene rings is 2. The molecule has 0 aliphatic heterocycles. The van der Waals surface area contributed by atoms with Crippen molar-refractivity contribution in [1.82, 2.24) is 9.97 Å². The molecule has 2 nitrogen and oxygen atoms in total. The summed E-state index contributed by atoms with van der Waals surface area (Å²) >= 11 is 0. The molecule has 0 amide bonds. The van der Waals surface area contributed by atoms with E-state index in [0.717, 1.165) is 17.3 Å². The molecule has 1 aromatic heterocycles. The van der Waals surface area contributed by atoms with Crippen molar-refractivity contribution in [3.8, 4) is 22.5 Å². The van der Waals surface area contributed by atoms with E-state index < -0.39 is 40.3 Å². The minimum Gasteiger partial charge on any atom is -0.252 e. The fraction of sp³-hybridized carbons (Fsp3) is 0.111. The first kappa shape index (κ1) is 17.0. The van der Waals surface area contributed by atoms with Gasteiger partial charge in [-0.15, -0.1) is 0 Å². The van der Waals surface area contributed by atoms with Crippen molar-refractivity contribution in [3.63, 3.8) is 0 Å². The molecule has 0 radical (unpaired) electrons. The van der Waals surface area contributed by atoms with Crippen molar-refractivity contribution < 1.29 is 22.0 Å². The third-order valence-electron chi connectivity index (χ3n) is 3.81. The zero-order valence-corrected chi connectivity index (χ0v) is 13.2. The standard InChI is InChI=1S/C18H11F5N2/c1-8-5-3-4-6-10(8)18-9(2)25-11(7-24-18)12-13(19)15(21)17(23)16(22)14(12)20/h3-7H,1-2H3. The monoisotopic (exact) mass is 350 g/mol. The molecule has 0 unspecified atom stereocenters. The van der Waals surface area contributed by atoms with Gasteiger partial charge in [-0.3, -0.25) is 4.98 Å². The van der Waals surface area contributed by atoms with Crippen molar-refractivity contribution >= 4 is 0 Å². The summed E-state index contributed by atoms with van der Waals surface area (Å²) in [5.74, 6) is -10.1. The maximum atomic E-state index is 13.9. The molecular formula is C18H11F5N2. The smallest absolute Gasteiger partial charge is 0.200 e. The minimum absolute atomic E-state index is 0.302. The lowest BCUT2D eigenvalue weighted by Crippen LogP contribution is -2.06. The third-order valence-corrected chi connectivity index (χ3v) is 3.81. The van der Waals surface area contributed by atoms with Crippen LogP contribution in [0.25, 0.3) is 22.5 Å². The van der Waals surface area contributed by atoms with Crippen LogP contribution >= 0.6 is 0 Å². The highest BCUT2D eigenvalue weighted by Gasteiger charge is 2.27. The number of nitrogens with zero attached hydrogens (tertiary/aromatic N) is 2. The first-order chi connectivity index (χ1) is 11.8. The highest BCUT2D eigenvalue weighted by molar-refractivity contribution is 5.68. The fourth-order valence-electron chi connectivity index (χ4n) is 2.53. The molecule has 1 heterocycles. The fourth-order valence-corrected chi connectivity index (χ4v) is 2.53. The van der Waals surface area contributed by atoms with Gasteiger partial charge in [0.05, 0.1) is 28.8 Å². The Labute approximate surface area is 140 Å². The van der Waals surface area contributed by atoms with Gasteiger partial charge in [0.25, 0.3) is 0 Å². The Morgan fingerprint density at radius 2 is 1.32 bits per heavy atom. The van der Waals surface area contributed by atoms with E-state index in [4.69, 9.17) is 0 Å². The van der Waals surface area contributed by atoms with Crippen LogP contribution in [0.5, 0.6) is 0 Å². The van der Waals surface area contributed by atoms with Gasteiger partial charge in [0.15, 0.2) is 23.3 Å². The lowest BCUT2D eigenvalue weighted by atomic mass is 10.0. The first-order valence-corrected chi connectivity index (χ1v) is 7.24. The van der Waals surface area contributed by atoms with Crippen LogP contribution in [0.3, 0.4) is 0 Å². The van der Waals surface area contributed by atoms with E-state index in [1.807, 2.05) is 19.1 Å². The molecule has 3 aromatic rings. The van der Waals surface area contributed by atoms with E-state index in [1.165, 1.54) is 0 Å². The summed E-state index contributed by atoms with van der Waals surface area (Å²) < 4.78 is 67.8. The number of hydrogen-bond donors (Lipinski definition) is 0. The van der Waals surface area contributed by atoms with Gasteiger partial charge >= 0.3 is 0 Å². The molecule has 7 heteroatoms. The summed E-state index contributed by atoms with van der Waals surface area (Å²) in [4.78, 5) is 8.11. The Morgan fingerprint density at radius 1 is 0.760 bits per heavy atom. The highest BCUT2D eigenvalue weighted by atomic mass is 19.2. The van der Waals surface area contributed by atoms with E-state index >= 15 is 0 Å². The molecule has 0 atom stereocenters. The Bertz CT molecular complexity index is 956. The summed E-state index contributed by atoms with van der Waals surface area (Å²) in [6.45, 7) is 3.40. The van der Waals surface area contributed by atoms with Gasteiger partial charge in [0.2, 0.25) is 5.82 Å². The lowest BCUT2D eigenvalue weighted by Gasteiger charge is -2.11. The van der Waals surface area contributed by atoms with Gasteiger partial charge in [0.1, 0.15) is 0 Å². The highest BCUT2D eigenvalue weighted by Crippen LogP contribution is 2.32. The van der Waals surface area contributed by atoms with E-state index in [-0.39, 0.29) is 0 Å². The minimum atomic E-state index is -2.21. The van der Waals surface area contributed by atoms with Gasteiger partial charge in [-0.2, -0.15) is 0 Å². The summed E-state index contributed by atoms with van der Waals surface area (Å²) in [6, 6.07) is 7.28. The molecule has 2 aromatic carbocycles. The SMILES string of the molecule is Cc1ccccc1-c1ncc(-c2c(F)c(F)c(F)c(F)c2F)nc1C. The van der Waals surface area contributed by atoms with Gasteiger partial charge in [-0.05, 0) is 19.4 Å². The van der Waals surface area contributed by atoms with Crippen molar-refractivity contribution in [2.75, 3.05) is 0 Å². The molecule has 3 rings (SSSR count). The Hall–Kier alpha value is -2.83. The second-order valence-corrected chi connectivity index (χ2v) is 5.45. The second-order valence-electron chi connectivity index (χ2n) is 5.45. The summed E-state index contributed by atoms with van der Waals surface area (Å²) in [6.07, 6.45) is 0.993. The predicted octanol–water partition coefficient (Wildman–Crippen LogP) is 5.12. The average Bonchev–Trinajstić information content (AvgIpc) is 2.59. The van der Waals surface area contributed by atoms with E-state index in [0.29, 0.717) is 11.4 Å². The molecule has 0 saturated heterocycles. The van der Waals surface area contributed by atoms with Crippen LogP contribution < -0.4 is 0 Å². The lowest BCUT2D eigenvalue weighted by molar-refractivity contribution is 0.381. The second kappa shape index (κ2) is 6.23. The van der Waals surface area contributed by atoms with Gasteiger partial charge in [0, 0.05) is 5.56 Å². The number of rotatable bonds is 2. The predicted molar refractivity (Wildman–Crippen MR) is 82.2 cm³/mol. The number of aromatic nitrogens is 2. The Balaban J connectivity index is 2.19. The normalized spacial score (nSPS) is 11.0. The van der Waals surface area contributed by atoms with Crippen molar-refractivity contribution in [3.05, 3.63) is 70.8 Å². The van der Waals surface area contributed by atoms with Crippen LogP contribution in [0.15, 0.2) is 30.5 Å². The van der Waals surface area contributed by atoms with Gasteiger partial charge in [-0.25, -0.2) is 26.9 Å².